The van der Waals surface area contributed by atoms with Gasteiger partial charge in [-0.25, -0.2) is 9.97 Å². The van der Waals surface area contributed by atoms with Gasteiger partial charge in [-0.1, -0.05) is 92.6 Å². The van der Waals surface area contributed by atoms with E-state index in [2.05, 4.69) is 132 Å². The fraction of sp³-hybridized carbons (Fsp3) is 0.182. The minimum Gasteiger partial charge on any atom is -0.663 e. The van der Waals surface area contributed by atoms with Crippen LogP contribution >= 0.6 is 0 Å². The van der Waals surface area contributed by atoms with Gasteiger partial charge in [-0.05, 0) is 103 Å². The van der Waals surface area contributed by atoms with Crippen LogP contribution in [0.1, 0.15) is 48.6 Å². The van der Waals surface area contributed by atoms with E-state index in [0.717, 1.165) is 66.8 Å². The van der Waals surface area contributed by atoms with Gasteiger partial charge in [-0.3, -0.25) is 4.57 Å². The van der Waals surface area contributed by atoms with Crippen LogP contribution in [0.25, 0.3) is 72.3 Å². The zero-order valence-electron chi connectivity index (χ0n) is 29.4. The van der Waals surface area contributed by atoms with E-state index in [4.69, 9.17) is 15.0 Å². The van der Waals surface area contributed by atoms with Crippen molar-refractivity contribution in [2.45, 2.75) is 53.9 Å². The Bertz CT molecular complexity index is 2560. The van der Waals surface area contributed by atoms with Crippen molar-refractivity contribution < 1.29 is 26.2 Å². The van der Waals surface area contributed by atoms with Crippen LogP contribution in [0.15, 0.2) is 103 Å². The molecule has 6 heteroatoms. The van der Waals surface area contributed by atoms with Crippen LogP contribution < -0.4 is 4.98 Å². The Morgan fingerprint density at radius 2 is 1.34 bits per heavy atom. The molecule has 0 aliphatic carbocycles. The molecule has 3 heterocycles. The summed E-state index contributed by atoms with van der Waals surface area (Å²) in [5.41, 5.74) is 15.0. The van der Waals surface area contributed by atoms with E-state index in [1.807, 2.05) is 18.3 Å². The molecule has 3 aromatic heterocycles. The molecule has 8 rings (SSSR count). The number of imidazole rings is 1. The van der Waals surface area contributed by atoms with E-state index in [0.29, 0.717) is 5.52 Å². The molecule has 5 aromatic carbocycles. The molecule has 0 amide bonds. The summed E-state index contributed by atoms with van der Waals surface area (Å²) in [6.07, 6.45) is 1.88. The molecule has 0 unspecified atom stereocenters. The quantitative estimate of drug-likeness (QED) is 0.192. The molecule has 0 aliphatic rings. The van der Waals surface area contributed by atoms with Gasteiger partial charge in [0.25, 0.3) is 0 Å². The molecule has 0 aliphatic heterocycles. The molecule has 1 N–H and O–H groups in total. The summed E-state index contributed by atoms with van der Waals surface area (Å²) >= 11 is 0. The Labute approximate surface area is 307 Å². The molecule has 252 valence electrons. The minimum atomic E-state index is -0.0658. The van der Waals surface area contributed by atoms with Gasteiger partial charge in [0.05, 0.1) is 16.7 Å². The number of pyridine rings is 1. The van der Waals surface area contributed by atoms with E-state index < -0.39 is 0 Å². The largest absolute Gasteiger partial charge is 0.663 e. The third-order valence-electron chi connectivity index (χ3n) is 9.48. The van der Waals surface area contributed by atoms with Crippen molar-refractivity contribution in [3.05, 3.63) is 131 Å². The Hall–Kier alpha value is -4.99. The molecule has 8 aromatic rings. The molecule has 0 bridgehead atoms. The van der Waals surface area contributed by atoms with Gasteiger partial charge in [-0.15, -0.1) is 5.52 Å². The van der Waals surface area contributed by atoms with E-state index in [1.54, 1.807) is 6.07 Å². The van der Waals surface area contributed by atoms with Crippen molar-refractivity contribution in [3.63, 3.8) is 0 Å². The summed E-state index contributed by atoms with van der Waals surface area (Å²) in [4.78, 5) is 15.5. The minimum absolute atomic E-state index is 0. The van der Waals surface area contributed by atoms with Crippen LogP contribution in [0.5, 0.6) is 5.75 Å². The molecular formula is C44H39N4OPt-. The second-order valence-corrected chi connectivity index (χ2v) is 14.6. The Kier molecular flexibility index (Phi) is 8.31. The third kappa shape index (κ3) is 5.74. The summed E-state index contributed by atoms with van der Waals surface area (Å²) in [6, 6.07) is 33.9. The third-order valence-corrected chi connectivity index (χ3v) is 9.48. The van der Waals surface area contributed by atoms with Gasteiger partial charge in [0.15, 0.2) is 0 Å². The van der Waals surface area contributed by atoms with E-state index in [-0.39, 0.29) is 32.2 Å². The average molecular weight is 835 g/mol. The number of phenolic OH excluding ortho intramolecular Hbond substituents is 1. The molecule has 0 atom stereocenters. The number of nitrogens with zero attached hydrogens (tertiary/aromatic N) is 4. The number of phenols is 1. The molecule has 0 saturated heterocycles. The fourth-order valence-corrected chi connectivity index (χ4v) is 7.29. The predicted octanol–water partition coefficient (Wildman–Crippen LogP) is 10.9. The number of aromatic hydroxyl groups is 1. The normalized spacial score (nSPS) is 11.8. The maximum absolute atomic E-state index is 11.1. The van der Waals surface area contributed by atoms with Crippen molar-refractivity contribution in [1.82, 2.24) is 19.5 Å². The van der Waals surface area contributed by atoms with Crippen molar-refractivity contribution in [3.8, 4) is 45.2 Å². The molecule has 50 heavy (non-hydrogen) atoms. The number of benzene rings is 5. The van der Waals surface area contributed by atoms with E-state index in [9.17, 15) is 5.11 Å². The second-order valence-electron chi connectivity index (χ2n) is 14.6. The van der Waals surface area contributed by atoms with Crippen molar-refractivity contribution in [1.29, 1.82) is 0 Å². The Balaban J connectivity index is 0.00000392. The summed E-state index contributed by atoms with van der Waals surface area (Å²) in [6.45, 7) is 15.2. The van der Waals surface area contributed by atoms with Gasteiger partial charge in [0.1, 0.15) is 17.1 Å². The van der Waals surface area contributed by atoms with Crippen LogP contribution in [0, 0.1) is 27.7 Å². The Morgan fingerprint density at radius 1 is 0.660 bits per heavy atom. The molecule has 0 saturated carbocycles. The van der Waals surface area contributed by atoms with Crippen LogP contribution in [0.2, 0.25) is 0 Å². The Morgan fingerprint density at radius 3 is 2.04 bits per heavy atom. The second kappa shape index (κ2) is 12.4. The molecule has 0 fully saturated rings. The van der Waals surface area contributed by atoms with Gasteiger partial charge in [0.2, 0.25) is 0 Å². The van der Waals surface area contributed by atoms with Crippen molar-refractivity contribution >= 4 is 32.8 Å². The smallest absolute Gasteiger partial charge is 0.144 e. The standard InChI is InChI=1S/C44H39N4O.Pt/c1-25-16-26(2)19-30(18-25)35-24-37(46-42-33(35)10-9-13-39(42)49)34-11-8-12-38-41(34)47-43(48(38)32-20-27(3)17-28(4)21-32)36-23-31(44(5,6)7)22-29-14-15-45-40(29)36;/h8-24H,1-7H3,(H-,45,46,47,49);/q-1;. The molecule has 0 radical (unpaired) electrons. The van der Waals surface area contributed by atoms with Crippen LogP contribution in [0.4, 0.5) is 0 Å². The monoisotopic (exact) mass is 834 g/mol. The summed E-state index contributed by atoms with van der Waals surface area (Å²) in [5, 5.41) is 13.1. The van der Waals surface area contributed by atoms with Crippen molar-refractivity contribution in [2.75, 3.05) is 0 Å². The molecule has 5 nitrogen and oxygen atoms in total. The zero-order valence-corrected chi connectivity index (χ0v) is 31.6. The van der Waals surface area contributed by atoms with Crippen LogP contribution in [-0.2, 0) is 26.5 Å². The van der Waals surface area contributed by atoms with Crippen LogP contribution in [-0.4, -0.2) is 19.6 Å². The summed E-state index contributed by atoms with van der Waals surface area (Å²) in [7, 11) is 0. The van der Waals surface area contributed by atoms with Crippen molar-refractivity contribution in [2.24, 2.45) is 0 Å². The van der Waals surface area contributed by atoms with Crippen LogP contribution in [0.3, 0.4) is 0 Å². The maximum atomic E-state index is 11.1. The zero-order chi connectivity index (χ0) is 34.2. The number of aromatic nitrogens is 4. The predicted molar refractivity (Wildman–Crippen MR) is 203 cm³/mol. The van der Waals surface area contributed by atoms with E-state index >= 15 is 0 Å². The van der Waals surface area contributed by atoms with Gasteiger partial charge in [-0.2, -0.15) is 6.20 Å². The summed E-state index contributed by atoms with van der Waals surface area (Å²) in [5.74, 6) is 0.989. The molecular weight excluding hydrogens is 796 g/mol. The first kappa shape index (κ1) is 33.5. The topological polar surface area (TPSA) is 65.0 Å². The van der Waals surface area contributed by atoms with Gasteiger partial charge < -0.3 is 10.1 Å². The molecule has 0 spiro atoms. The maximum Gasteiger partial charge on any atom is 0.144 e. The fourth-order valence-electron chi connectivity index (χ4n) is 7.29. The first-order chi connectivity index (χ1) is 23.4. The number of para-hydroxylation sites is 2. The first-order valence-electron chi connectivity index (χ1n) is 16.8. The number of hydrogen-bond donors (Lipinski definition) is 1. The number of fused-ring (bicyclic) bond motifs is 3. The van der Waals surface area contributed by atoms with E-state index in [1.165, 1.54) is 27.8 Å². The SMILES string of the molecule is Cc1cc(C)cc(-c2cc(-c3cccc4c3nc(-c3cc(C(C)(C)C)cc5cc[n-]c35)n4-c3cc(C)cc(C)c3)nc3c(O)cccc23)c1.[Pt]. The summed E-state index contributed by atoms with van der Waals surface area (Å²) < 4.78 is 2.28. The average Bonchev–Trinajstić information content (AvgIpc) is 3.68. The number of aryl methyl sites for hydroxylation is 4. The first-order valence-corrected chi connectivity index (χ1v) is 16.8. The number of rotatable bonds is 4. The van der Waals surface area contributed by atoms with Gasteiger partial charge in [0, 0.05) is 43.3 Å². The number of hydrogen-bond acceptors (Lipinski definition) is 3. The van der Waals surface area contributed by atoms with Gasteiger partial charge >= 0.3 is 0 Å².